The van der Waals surface area contributed by atoms with Crippen LogP contribution in [0.3, 0.4) is 0 Å². The van der Waals surface area contributed by atoms with E-state index in [-0.39, 0.29) is 22.6 Å². The fraction of sp³-hybridized carbons (Fsp3) is 0.316. The van der Waals surface area contributed by atoms with Crippen molar-refractivity contribution in [3.63, 3.8) is 0 Å². The summed E-state index contributed by atoms with van der Waals surface area (Å²) in [4.78, 5) is 18.1. The van der Waals surface area contributed by atoms with Gasteiger partial charge in [0.2, 0.25) is 0 Å². The van der Waals surface area contributed by atoms with E-state index in [1.165, 1.54) is 17.0 Å². The molecule has 5 nitrogen and oxygen atoms in total. The molecule has 3 aromatic rings. The van der Waals surface area contributed by atoms with Crippen molar-refractivity contribution in [1.29, 1.82) is 0 Å². The van der Waals surface area contributed by atoms with Crippen LogP contribution in [0.15, 0.2) is 36.4 Å². The van der Waals surface area contributed by atoms with Crippen molar-refractivity contribution in [3.8, 4) is 11.3 Å². The molecule has 0 N–H and O–H groups in total. The van der Waals surface area contributed by atoms with Gasteiger partial charge in [0.05, 0.1) is 5.69 Å². The molecule has 1 aromatic carbocycles. The summed E-state index contributed by atoms with van der Waals surface area (Å²) in [5.41, 5.74) is -2.22. The minimum absolute atomic E-state index is 0.131. The highest BCUT2D eigenvalue weighted by atomic mass is 19.4. The molecule has 1 amide bonds. The lowest BCUT2D eigenvalue weighted by molar-refractivity contribution is -0.291. The van der Waals surface area contributed by atoms with Crippen LogP contribution in [-0.4, -0.2) is 44.7 Å². The van der Waals surface area contributed by atoms with Crippen LogP contribution in [0.4, 0.5) is 26.3 Å². The Morgan fingerprint density at radius 2 is 1.60 bits per heavy atom. The highest BCUT2D eigenvalue weighted by molar-refractivity contribution is 5.93. The van der Waals surface area contributed by atoms with Gasteiger partial charge in [0, 0.05) is 24.7 Å². The number of carbonyl (C=O) groups is 1. The number of halogens is 6. The zero-order chi connectivity index (χ0) is 21.7. The number of rotatable bonds is 3. The molecule has 0 spiro atoms. The fourth-order valence-electron chi connectivity index (χ4n) is 3.30. The lowest BCUT2D eigenvalue weighted by Crippen LogP contribution is -2.36. The summed E-state index contributed by atoms with van der Waals surface area (Å²) < 4.78 is 81.4. The van der Waals surface area contributed by atoms with Crippen LogP contribution < -0.4 is 0 Å². The summed E-state index contributed by atoms with van der Waals surface area (Å²) in [6.45, 7) is 0.902. The molecular weight excluding hydrogens is 414 g/mol. The van der Waals surface area contributed by atoms with E-state index < -0.39 is 29.5 Å². The van der Waals surface area contributed by atoms with Crippen LogP contribution in [0.1, 0.15) is 29.0 Å². The standard InChI is InChI=1S/C19H14F6N4O/c20-12-5-3-11(4-6-12)13-9-15(18(21,22)19(23,24)25)29-16(26-13)10-14(27-29)17(30)28-7-1-2-8-28/h3-6,9-10H,1-2,7-8H2. The number of carbonyl (C=O) groups excluding carboxylic acids is 1. The van der Waals surface area contributed by atoms with E-state index in [1.54, 1.807) is 0 Å². The average molecular weight is 428 g/mol. The van der Waals surface area contributed by atoms with Crippen molar-refractivity contribution >= 4 is 11.6 Å². The Morgan fingerprint density at radius 1 is 0.967 bits per heavy atom. The first-order valence-electron chi connectivity index (χ1n) is 8.99. The Bertz CT molecular complexity index is 1100. The zero-order valence-electron chi connectivity index (χ0n) is 15.3. The Morgan fingerprint density at radius 3 is 2.20 bits per heavy atom. The number of aromatic nitrogens is 3. The number of amides is 1. The third-order valence-corrected chi connectivity index (χ3v) is 4.86. The number of fused-ring (bicyclic) bond motifs is 1. The Kier molecular flexibility index (Phi) is 4.70. The van der Waals surface area contributed by atoms with Gasteiger partial charge in [-0.2, -0.15) is 27.1 Å². The van der Waals surface area contributed by atoms with Gasteiger partial charge in [-0.25, -0.2) is 13.9 Å². The number of benzene rings is 1. The average Bonchev–Trinajstić information content (AvgIpc) is 3.36. The summed E-state index contributed by atoms with van der Waals surface area (Å²) in [7, 11) is 0. The molecule has 30 heavy (non-hydrogen) atoms. The van der Waals surface area contributed by atoms with Gasteiger partial charge in [-0.1, -0.05) is 0 Å². The summed E-state index contributed by atoms with van der Waals surface area (Å²) in [6, 6.07) is 6.09. The Balaban J connectivity index is 1.91. The molecule has 1 saturated heterocycles. The second kappa shape index (κ2) is 6.99. The second-order valence-corrected chi connectivity index (χ2v) is 6.90. The maximum absolute atomic E-state index is 14.3. The molecule has 1 aliphatic heterocycles. The summed E-state index contributed by atoms with van der Waals surface area (Å²) in [5.74, 6) is -6.44. The van der Waals surface area contributed by atoms with Gasteiger partial charge >= 0.3 is 12.1 Å². The van der Waals surface area contributed by atoms with Crippen molar-refractivity contribution in [1.82, 2.24) is 19.5 Å². The summed E-state index contributed by atoms with van der Waals surface area (Å²) in [5, 5.41) is 3.71. The van der Waals surface area contributed by atoms with Crippen LogP contribution in [0.5, 0.6) is 0 Å². The molecule has 0 aliphatic carbocycles. The second-order valence-electron chi connectivity index (χ2n) is 6.90. The fourth-order valence-corrected chi connectivity index (χ4v) is 3.30. The largest absolute Gasteiger partial charge is 0.459 e. The van der Waals surface area contributed by atoms with Crippen LogP contribution in [0, 0.1) is 5.82 Å². The van der Waals surface area contributed by atoms with Crippen LogP contribution in [0.2, 0.25) is 0 Å². The number of alkyl halides is 5. The first kappa shape index (κ1) is 20.2. The molecule has 0 atom stereocenters. The minimum Gasteiger partial charge on any atom is -0.337 e. The molecule has 0 radical (unpaired) electrons. The minimum atomic E-state index is -5.90. The maximum Gasteiger partial charge on any atom is 0.459 e. The monoisotopic (exact) mass is 428 g/mol. The normalized spacial score (nSPS) is 15.2. The van der Waals surface area contributed by atoms with Crippen molar-refractivity contribution in [2.75, 3.05) is 13.1 Å². The highest BCUT2D eigenvalue weighted by Crippen LogP contribution is 2.44. The molecule has 1 aliphatic rings. The molecule has 0 unspecified atom stereocenters. The van der Waals surface area contributed by atoms with Gasteiger partial charge in [0.1, 0.15) is 11.5 Å². The van der Waals surface area contributed by atoms with Gasteiger partial charge in [0.15, 0.2) is 11.3 Å². The molecular formula is C19H14F6N4O. The molecule has 3 heterocycles. The molecule has 1 fully saturated rings. The first-order valence-corrected chi connectivity index (χ1v) is 8.99. The predicted octanol–water partition coefficient (Wildman–Crippen LogP) is 4.43. The van der Waals surface area contributed by atoms with E-state index in [4.69, 9.17) is 0 Å². The smallest absolute Gasteiger partial charge is 0.337 e. The van der Waals surface area contributed by atoms with Gasteiger partial charge in [-0.15, -0.1) is 0 Å². The van der Waals surface area contributed by atoms with Gasteiger partial charge in [0.25, 0.3) is 5.91 Å². The molecule has 0 saturated carbocycles. The lowest BCUT2D eigenvalue weighted by atomic mass is 10.1. The zero-order valence-corrected chi connectivity index (χ0v) is 15.3. The van der Waals surface area contributed by atoms with Gasteiger partial charge in [-0.3, -0.25) is 4.79 Å². The molecule has 11 heteroatoms. The molecule has 2 aromatic heterocycles. The van der Waals surface area contributed by atoms with Gasteiger partial charge < -0.3 is 4.90 Å². The lowest BCUT2D eigenvalue weighted by Gasteiger charge is -2.21. The number of hydrogen-bond donors (Lipinski definition) is 0. The number of nitrogens with zero attached hydrogens (tertiary/aromatic N) is 4. The topological polar surface area (TPSA) is 50.5 Å². The van der Waals surface area contributed by atoms with Crippen molar-refractivity contribution in [2.45, 2.75) is 24.9 Å². The van der Waals surface area contributed by atoms with Crippen LogP contribution in [-0.2, 0) is 5.92 Å². The van der Waals surface area contributed by atoms with Crippen molar-refractivity contribution < 1.29 is 31.1 Å². The van der Waals surface area contributed by atoms with E-state index in [0.29, 0.717) is 23.7 Å². The third-order valence-electron chi connectivity index (χ3n) is 4.86. The summed E-state index contributed by atoms with van der Waals surface area (Å²) >= 11 is 0. The third kappa shape index (κ3) is 3.37. The maximum atomic E-state index is 14.3. The summed E-state index contributed by atoms with van der Waals surface area (Å²) in [6.07, 6.45) is -4.36. The Hall–Kier alpha value is -3.11. The molecule has 0 bridgehead atoms. The van der Waals surface area contributed by atoms with Crippen LogP contribution >= 0.6 is 0 Å². The quantitative estimate of drug-likeness (QED) is 0.581. The van der Waals surface area contributed by atoms with Crippen molar-refractivity contribution in [2.24, 2.45) is 0 Å². The first-order chi connectivity index (χ1) is 14.1. The number of hydrogen-bond acceptors (Lipinski definition) is 3. The van der Waals surface area contributed by atoms with E-state index in [9.17, 15) is 31.1 Å². The predicted molar refractivity (Wildman–Crippen MR) is 93.5 cm³/mol. The Labute approximate surface area is 165 Å². The van der Waals surface area contributed by atoms with Crippen molar-refractivity contribution in [3.05, 3.63) is 53.6 Å². The SMILES string of the molecule is O=C(c1cc2nc(-c3ccc(F)cc3)cc(C(F)(F)C(F)(F)F)n2n1)N1CCCC1. The van der Waals surface area contributed by atoms with E-state index >= 15 is 0 Å². The number of likely N-dealkylation sites (tertiary alicyclic amines) is 1. The van der Waals surface area contributed by atoms with Crippen LogP contribution in [0.25, 0.3) is 16.9 Å². The van der Waals surface area contributed by atoms with E-state index in [0.717, 1.165) is 31.0 Å². The molecule has 158 valence electrons. The van der Waals surface area contributed by atoms with Gasteiger partial charge in [-0.05, 0) is 43.2 Å². The van der Waals surface area contributed by atoms with E-state index in [1.807, 2.05) is 0 Å². The highest BCUT2D eigenvalue weighted by Gasteiger charge is 2.60. The molecule has 4 rings (SSSR count). The van der Waals surface area contributed by atoms with E-state index in [2.05, 4.69) is 10.1 Å².